The smallest absolute Gasteiger partial charge is 0.233 e. The minimum atomic E-state index is -0.309. The Kier molecular flexibility index (Phi) is 5.13. The van der Waals surface area contributed by atoms with E-state index < -0.39 is 0 Å². The van der Waals surface area contributed by atoms with E-state index >= 15 is 0 Å². The zero-order chi connectivity index (χ0) is 16.8. The van der Waals surface area contributed by atoms with Crippen LogP contribution in [-0.2, 0) is 11.2 Å². The van der Waals surface area contributed by atoms with Crippen LogP contribution in [0.3, 0.4) is 0 Å². The molecule has 0 radical (unpaired) electrons. The van der Waals surface area contributed by atoms with E-state index in [9.17, 15) is 4.79 Å². The fourth-order valence-electron chi connectivity index (χ4n) is 2.32. The van der Waals surface area contributed by atoms with Gasteiger partial charge < -0.3 is 0 Å². The first-order chi connectivity index (χ1) is 11.8. The zero-order valence-electron chi connectivity index (χ0n) is 13.1. The molecule has 3 rings (SSSR count). The number of nitrogens with zero attached hydrogens (tertiary/aromatic N) is 2. The molecule has 1 amide bonds. The van der Waals surface area contributed by atoms with Gasteiger partial charge in [0.25, 0.3) is 0 Å². The van der Waals surface area contributed by atoms with Crippen molar-refractivity contribution in [2.24, 2.45) is 5.92 Å². The molecular weight excluding hydrogens is 318 g/mol. The highest BCUT2D eigenvalue weighted by Crippen LogP contribution is 2.26. The minimum Gasteiger partial charge on any atom is -0.300 e. The largest absolute Gasteiger partial charge is 0.300 e. The van der Waals surface area contributed by atoms with Crippen molar-refractivity contribution in [2.45, 2.75) is 6.42 Å². The average molecular weight is 335 g/mol. The van der Waals surface area contributed by atoms with Gasteiger partial charge in [0.1, 0.15) is 5.01 Å². The summed E-state index contributed by atoms with van der Waals surface area (Å²) in [5, 5.41) is 12.3. The Hall–Kier alpha value is -2.79. The van der Waals surface area contributed by atoms with E-state index in [4.69, 9.17) is 0 Å². The monoisotopic (exact) mass is 335 g/mol. The van der Waals surface area contributed by atoms with E-state index in [-0.39, 0.29) is 11.8 Å². The topological polar surface area (TPSA) is 54.9 Å². The van der Waals surface area contributed by atoms with Crippen LogP contribution in [0.1, 0.15) is 5.56 Å². The number of hydrogen-bond donors (Lipinski definition) is 1. The highest BCUT2D eigenvalue weighted by atomic mass is 32.1. The second-order valence-electron chi connectivity index (χ2n) is 5.30. The third-order valence-electron chi connectivity index (χ3n) is 3.60. The number of carbonyl (C=O) groups is 1. The van der Waals surface area contributed by atoms with Gasteiger partial charge in [-0.1, -0.05) is 78.1 Å². The lowest BCUT2D eigenvalue weighted by Crippen LogP contribution is -2.22. The predicted octanol–water partition coefficient (Wildman–Crippen LogP) is 4.19. The standard InChI is InChI=1S/C19H17N3OS/c1-2-15(13-14-9-5-3-6-10-14)17(23)20-19-22-21-18(24-19)16-11-7-4-8-12-16/h2-12,15H,1,13H2,(H,20,22,23). The number of amides is 1. The molecule has 2 aromatic carbocycles. The molecule has 0 aliphatic rings. The minimum absolute atomic E-state index is 0.121. The van der Waals surface area contributed by atoms with E-state index in [2.05, 4.69) is 22.1 Å². The number of aromatic nitrogens is 2. The summed E-state index contributed by atoms with van der Waals surface area (Å²) in [6.07, 6.45) is 2.28. The molecule has 1 aromatic heterocycles. The molecule has 0 saturated carbocycles. The fraction of sp³-hybridized carbons (Fsp3) is 0.105. The van der Waals surface area contributed by atoms with Crippen LogP contribution in [0.25, 0.3) is 10.6 Å². The first-order valence-electron chi connectivity index (χ1n) is 7.62. The summed E-state index contributed by atoms with van der Waals surface area (Å²) >= 11 is 1.36. The molecule has 0 aliphatic heterocycles. The van der Waals surface area contributed by atoms with Crippen LogP contribution in [0.15, 0.2) is 73.3 Å². The lowest BCUT2D eigenvalue weighted by molar-refractivity contribution is -0.118. The maximum Gasteiger partial charge on any atom is 0.233 e. The molecule has 1 unspecified atom stereocenters. The first kappa shape index (κ1) is 16.1. The normalized spacial score (nSPS) is 11.7. The third kappa shape index (κ3) is 3.94. The van der Waals surface area contributed by atoms with E-state index in [1.54, 1.807) is 6.08 Å². The molecule has 0 bridgehead atoms. The van der Waals surface area contributed by atoms with E-state index in [1.807, 2.05) is 60.7 Å². The summed E-state index contributed by atoms with van der Waals surface area (Å²) in [4.78, 5) is 12.5. The van der Waals surface area contributed by atoms with E-state index in [0.29, 0.717) is 11.6 Å². The highest BCUT2D eigenvalue weighted by molar-refractivity contribution is 7.18. The molecular formula is C19H17N3OS. The molecule has 5 heteroatoms. The number of rotatable bonds is 6. The van der Waals surface area contributed by atoms with Crippen LogP contribution >= 0.6 is 11.3 Å². The molecule has 1 atom stereocenters. The maximum absolute atomic E-state index is 12.5. The summed E-state index contributed by atoms with van der Waals surface area (Å²) in [6.45, 7) is 3.78. The van der Waals surface area contributed by atoms with Crippen LogP contribution < -0.4 is 5.32 Å². The van der Waals surface area contributed by atoms with Crippen molar-refractivity contribution >= 4 is 22.4 Å². The van der Waals surface area contributed by atoms with Crippen molar-refractivity contribution < 1.29 is 4.79 Å². The van der Waals surface area contributed by atoms with Crippen LogP contribution in [0.2, 0.25) is 0 Å². The van der Waals surface area contributed by atoms with Crippen molar-refractivity contribution in [3.8, 4) is 10.6 Å². The van der Waals surface area contributed by atoms with Gasteiger partial charge in [0.05, 0.1) is 5.92 Å². The van der Waals surface area contributed by atoms with Gasteiger partial charge in [-0.05, 0) is 12.0 Å². The first-order valence-corrected chi connectivity index (χ1v) is 8.44. The zero-order valence-corrected chi connectivity index (χ0v) is 13.9. The number of anilines is 1. The molecule has 120 valence electrons. The molecule has 0 saturated heterocycles. The maximum atomic E-state index is 12.5. The Morgan fingerprint density at radius 2 is 1.75 bits per heavy atom. The van der Waals surface area contributed by atoms with Crippen molar-refractivity contribution in [1.29, 1.82) is 0 Å². The van der Waals surface area contributed by atoms with Gasteiger partial charge in [-0.3, -0.25) is 10.1 Å². The molecule has 0 aliphatic carbocycles. The van der Waals surface area contributed by atoms with Crippen LogP contribution in [0.5, 0.6) is 0 Å². The number of nitrogens with one attached hydrogen (secondary N) is 1. The third-order valence-corrected chi connectivity index (χ3v) is 4.48. The number of benzene rings is 2. The molecule has 3 aromatic rings. The van der Waals surface area contributed by atoms with Crippen molar-refractivity contribution in [3.05, 3.63) is 78.9 Å². The van der Waals surface area contributed by atoms with Crippen LogP contribution in [-0.4, -0.2) is 16.1 Å². The molecule has 1 N–H and O–H groups in total. The Labute approximate surface area is 144 Å². The Balaban J connectivity index is 1.67. The quantitative estimate of drug-likeness (QED) is 0.687. The molecule has 0 spiro atoms. The number of carbonyl (C=O) groups excluding carboxylic acids is 1. The summed E-state index contributed by atoms with van der Waals surface area (Å²) < 4.78 is 0. The summed E-state index contributed by atoms with van der Waals surface area (Å²) in [7, 11) is 0. The van der Waals surface area contributed by atoms with Gasteiger partial charge in [0.2, 0.25) is 11.0 Å². The van der Waals surface area contributed by atoms with Crippen LogP contribution in [0, 0.1) is 5.92 Å². The fourth-order valence-corrected chi connectivity index (χ4v) is 3.07. The second kappa shape index (κ2) is 7.66. The Morgan fingerprint density at radius 1 is 1.08 bits per heavy atom. The van der Waals surface area contributed by atoms with E-state index in [1.165, 1.54) is 11.3 Å². The average Bonchev–Trinajstić information content (AvgIpc) is 3.09. The van der Waals surface area contributed by atoms with Gasteiger partial charge in [-0.25, -0.2) is 0 Å². The number of hydrogen-bond acceptors (Lipinski definition) is 4. The Bertz CT molecular complexity index is 815. The lowest BCUT2D eigenvalue weighted by Gasteiger charge is -2.11. The molecule has 0 fully saturated rings. The molecule has 4 nitrogen and oxygen atoms in total. The van der Waals surface area contributed by atoms with Gasteiger partial charge in [-0.15, -0.1) is 16.8 Å². The summed E-state index contributed by atoms with van der Waals surface area (Å²) in [5.74, 6) is -0.430. The lowest BCUT2D eigenvalue weighted by atomic mass is 9.99. The van der Waals surface area contributed by atoms with Gasteiger partial charge in [0, 0.05) is 5.56 Å². The summed E-state index contributed by atoms with van der Waals surface area (Å²) in [6, 6.07) is 19.7. The van der Waals surface area contributed by atoms with Gasteiger partial charge in [-0.2, -0.15) is 0 Å². The molecule has 24 heavy (non-hydrogen) atoms. The van der Waals surface area contributed by atoms with Gasteiger partial charge in [0.15, 0.2) is 0 Å². The van der Waals surface area contributed by atoms with Gasteiger partial charge >= 0.3 is 0 Å². The molecule has 1 heterocycles. The highest BCUT2D eigenvalue weighted by Gasteiger charge is 2.17. The van der Waals surface area contributed by atoms with E-state index in [0.717, 1.165) is 16.1 Å². The van der Waals surface area contributed by atoms with Crippen molar-refractivity contribution in [2.75, 3.05) is 5.32 Å². The second-order valence-corrected chi connectivity index (χ2v) is 6.28. The SMILES string of the molecule is C=CC(Cc1ccccc1)C(=O)Nc1nnc(-c2ccccc2)s1. The van der Waals surface area contributed by atoms with Crippen molar-refractivity contribution in [3.63, 3.8) is 0 Å². The predicted molar refractivity (Wildman–Crippen MR) is 97.8 cm³/mol. The summed E-state index contributed by atoms with van der Waals surface area (Å²) in [5.41, 5.74) is 2.08. The Morgan fingerprint density at radius 3 is 2.42 bits per heavy atom. The van der Waals surface area contributed by atoms with Crippen molar-refractivity contribution in [1.82, 2.24) is 10.2 Å². The van der Waals surface area contributed by atoms with Crippen LogP contribution in [0.4, 0.5) is 5.13 Å².